The summed E-state index contributed by atoms with van der Waals surface area (Å²) in [5, 5.41) is 9.71. The molecule has 0 aliphatic heterocycles. The molecule has 0 bridgehead atoms. The van der Waals surface area contributed by atoms with Crippen LogP contribution in [-0.2, 0) is 22.7 Å². The summed E-state index contributed by atoms with van der Waals surface area (Å²) in [5.41, 5.74) is 6.78. The summed E-state index contributed by atoms with van der Waals surface area (Å²) in [6.45, 7) is 2.40. The lowest BCUT2D eigenvalue weighted by Crippen LogP contribution is -2.51. The first-order valence-electron chi connectivity index (χ1n) is 9.24. The van der Waals surface area contributed by atoms with Crippen molar-refractivity contribution >= 4 is 30.2 Å². The summed E-state index contributed by atoms with van der Waals surface area (Å²) in [5.74, 6) is -0.404. The number of rotatable bonds is 6. The maximum absolute atomic E-state index is 12.5. The number of halogens is 1. The number of aromatic nitrogens is 3. The number of hydrogen-bond acceptors (Lipinski definition) is 5. The largest absolute Gasteiger partial charge is 0.350 e. The maximum Gasteiger partial charge on any atom is 0.248 e. The highest BCUT2D eigenvalue weighted by Gasteiger charge is 2.38. The summed E-state index contributed by atoms with van der Waals surface area (Å²) in [7, 11) is 0. The SMILES string of the molecule is CC1(N)CCCCC1C(=O)Nc1ncn(CC(=O)NCc2ccccc2)n1.Cl. The van der Waals surface area contributed by atoms with Gasteiger partial charge in [0.2, 0.25) is 17.8 Å². The molecule has 3 rings (SSSR count). The number of carbonyl (C=O) groups is 2. The van der Waals surface area contributed by atoms with Crippen LogP contribution in [0, 0.1) is 5.92 Å². The van der Waals surface area contributed by atoms with Gasteiger partial charge in [0.15, 0.2) is 0 Å². The Labute approximate surface area is 170 Å². The monoisotopic (exact) mass is 406 g/mol. The molecule has 2 amide bonds. The van der Waals surface area contributed by atoms with Crippen molar-refractivity contribution in [2.24, 2.45) is 11.7 Å². The molecule has 1 aromatic heterocycles. The summed E-state index contributed by atoms with van der Waals surface area (Å²) in [4.78, 5) is 28.6. The van der Waals surface area contributed by atoms with Crippen molar-refractivity contribution < 1.29 is 9.59 Å². The van der Waals surface area contributed by atoms with Crippen LogP contribution in [0.3, 0.4) is 0 Å². The Hall–Kier alpha value is -2.45. The fourth-order valence-corrected chi connectivity index (χ4v) is 3.41. The number of amides is 2. The first-order valence-corrected chi connectivity index (χ1v) is 9.24. The number of carbonyl (C=O) groups excluding carboxylic acids is 2. The van der Waals surface area contributed by atoms with E-state index in [1.54, 1.807) is 0 Å². The molecule has 2 atom stereocenters. The van der Waals surface area contributed by atoms with Crippen LogP contribution in [0.25, 0.3) is 0 Å². The van der Waals surface area contributed by atoms with E-state index in [1.165, 1.54) is 11.0 Å². The highest BCUT2D eigenvalue weighted by molar-refractivity contribution is 5.91. The van der Waals surface area contributed by atoms with E-state index in [1.807, 2.05) is 37.3 Å². The van der Waals surface area contributed by atoms with Gasteiger partial charge in [0.05, 0.1) is 5.92 Å². The van der Waals surface area contributed by atoms with Crippen molar-refractivity contribution in [3.05, 3.63) is 42.2 Å². The van der Waals surface area contributed by atoms with E-state index in [0.717, 1.165) is 31.2 Å². The predicted molar refractivity (Wildman–Crippen MR) is 109 cm³/mol. The molecule has 1 aromatic carbocycles. The van der Waals surface area contributed by atoms with E-state index in [0.29, 0.717) is 6.54 Å². The van der Waals surface area contributed by atoms with Crippen LogP contribution in [0.5, 0.6) is 0 Å². The summed E-state index contributed by atoms with van der Waals surface area (Å²) < 4.78 is 1.40. The van der Waals surface area contributed by atoms with E-state index in [9.17, 15) is 9.59 Å². The molecule has 1 aliphatic carbocycles. The van der Waals surface area contributed by atoms with Gasteiger partial charge in [-0.05, 0) is 25.3 Å². The molecule has 28 heavy (non-hydrogen) atoms. The molecule has 4 N–H and O–H groups in total. The Bertz CT molecular complexity index is 793. The molecule has 0 saturated heterocycles. The quantitative estimate of drug-likeness (QED) is 0.677. The van der Waals surface area contributed by atoms with Gasteiger partial charge in [0, 0.05) is 12.1 Å². The van der Waals surface area contributed by atoms with E-state index in [2.05, 4.69) is 20.7 Å². The molecule has 8 nitrogen and oxygen atoms in total. The van der Waals surface area contributed by atoms with Crippen LogP contribution in [-0.4, -0.2) is 32.1 Å². The second-order valence-electron chi connectivity index (χ2n) is 7.32. The molecule has 152 valence electrons. The Morgan fingerprint density at radius 3 is 2.75 bits per heavy atom. The lowest BCUT2D eigenvalue weighted by molar-refractivity contribution is -0.123. The van der Waals surface area contributed by atoms with E-state index in [-0.39, 0.29) is 42.6 Å². The van der Waals surface area contributed by atoms with Crippen molar-refractivity contribution in [3.63, 3.8) is 0 Å². The smallest absolute Gasteiger partial charge is 0.248 e. The number of nitrogens with zero attached hydrogens (tertiary/aromatic N) is 3. The van der Waals surface area contributed by atoms with Crippen LogP contribution < -0.4 is 16.4 Å². The minimum absolute atomic E-state index is 0. The van der Waals surface area contributed by atoms with Crippen LogP contribution >= 0.6 is 12.4 Å². The van der Waals surface area contributed by atoms with Crippen LogP contribution in [0.4, 0.5) is 5.95 Å². The number of anilines is 1. The third kappa shape index (κ3) is 5.77. The Kier molecular flexibility index (Phi) is 7.53. The molecule has 1 aliphatic rings. The van der Waals surface area contributed by atoms with Crippen LogP contribution in [0.1, 0.15) is 38.2 Å². The molecular formula is C19H27ClN6O2. The molecule has 0 radical (unpaired) electrons. The summed E-state index contributed by atoms with van der Waals surface area (Å²) >= 11 is 0. The lowest BCUT2D eigenvalue weighted by atomic mass is 9.74. The number of benzene rings is 1. The number of nitrogens with two attached hydrogens (primary N) is 1. The average Bonchev–Trinajstić information content (AvgIpc) is 3.07. The van der Waals surface area contributed by atoms with E-state index >= 15 is 0 Å². The van der Waals surface area contributed by atoms with Gasteiger partial charge < -0.3 is 11.1 Å². The maximum atomic E-state index is 12.5. The minimum Gasteiger partial charge on any atom is -0.350 e. The van der Waals surface area contributed by atoms with Gasteiger partial charge in [0.1, 0.15) is 12.9 Å². The van der Waals surface area contributed by atoms with Crippen LogP contribution in [0.2, 0.25) is 0 Å². The summed E-state index contributed by atoms with van der Waals surface area (Å²) in [6.07, 6.45) is 5.06. The van der Waals surface area contributed by atoms with Gasteiger partial charge in [0.25, 0.3) is 0 Å². The third-order valence-electron chi connectivity index (χ3n) is 4.98. The Morgan fingerprint density at radius 1 is 1.29 bits per heavy atom. The molecule has 0 spiro atoms. The zero-order valence-electron chi connectivity index (χ0n) is 15.9. The average molecular weight is 407 g/mol. The van der Waals surface area contributed by atoms with Crippen molar-refractivity contribution in [2.45, 2.75) is 51.2 Å². The second kappa shape index (κ2) is 9.66. The fourth-order valence-electron chi connectivity index (χ4n) is 3.41. The van der Waals surface area contributed by atoms with Crippen LogP contribution in [0.15, 0.2) is 36.7 Å². The zero-order chi connectivity index (χ0) is 19.3. The first-order chi connectivity index (χ1) is 12.9. The number of hydrogen-bond donors (Lipinski definition) is 3. The van der Waals surface area contributed by atoms with Crippen molar-refractivity contribution in [1.29, 1.82) is 0 Å². The minimum atomic E-state index is -0.512. The molecule has 9 heteroatoms. The van der Waals surface area contributed by atoms with Gasteiger partial charge in [-0.3, -0.25) is 14.9 Å². The number of nitrogens with one attached hydrogen (secondary N) is 2. The van der Waals surface area contributed by atoms with Gasteiger partial charge in [-0.1, -0.05) is 43.2 Å². The Morgan fingerprint density at radius 2 is 2.04 bits per heavy atom. The fraction of sp³-hybridized carbons (Fsp3) is 0.474. The standard InChI is InChI=1S/C19H26N6O2.ClH/c1-19(20)10-6-5-9-15(19)17(27)23-18-22-13-25(24-18)12-16(26)21-11-14-7-3-2-4-8-14;/h2-4,7-8,13,15H,5-6,9-12,20H2,1H3,(H,21,26)(H,23,24,27);1H. The molecule has 1 heterocycles. The van der Waals surface area contributed by atoms with E-state index < -0.39 is 5.54 Å². The first kappa shape index (κ1) is 21.8. The molecule has 2 unspecified atom stereocenters. The van der Waals surface area contributed by atoms with Gasteiger partial charge in [-0.15, -0.1) is 17.5 Å². The molecule has 1 saturated carbocycles. The molecular weight excluding hydrogens is 380 g/mol. The highest BCUT2D eigenvalue weighted by atomic mass is 35.5. The van der Waals surface area contributed by atoms with E-state index in [4.69, 9.17) is 5.73 Å². The topological polar surface area (TPSA) is 115 Å². The Balaban J connectivity index is 0.00000280. The van der Waals surface area contributed by atoms with Crippen molar-refractivity contribution in [3.8, 4) is 0 Å². The predicted octanol–water partition coefficient (Wildman–Crippen LogP) is 1.86. The van der Waals surface area contributed by atoms with Gasteiger partial charge in [-0.2, -0.15) is 0 Å². The summed E-state index contributed by atoms with van der Waals surface area (Å²) in [6, 6.07) is 9.66. The van der Waals surface area contributed by atoms with Gasteiger partial charge >= 0.3 is 0 Å². The van der Waals surface area contributed by atoms with Crippen molar-refractivity contribution in [1.82, 2.24) is 20.1 Å². The van der Waals surface area contributed by atoms with Gasteiger partial charge in [-0.25, -0.2) is 9.67 Å². The highest BCUT2D eigenvalue weighted by Crippen LogP contribution is 2.32. The second-order valence-corrected chi connectivity index (χ2v) is 7.32. The molecule has 1 fully saturated rings. The third-order valence-corrected chi connectivity index (χ3v) is 4.98. The van der Waals surface area contributed by atoms with Crippen molar-refractivity contribution in [2.75, 3.05) is 5.32 Å². The zero-order valence-corrected chi connectivity index (χ0v) is 16.7. The lowest BCUT2D eigenvalue weighted by Gasteiger charge is -2.36. The molecule has 2 aromatic rings. The normalized spacial score (nSPS) is 21.4.